The number of nitrogens with zero attached hydrogens (tertiary/aromatic N) is 1. The molecular formula is C13H22N4O. The van der Waals surface area contributed by atoms with Crippen molar-refractivity contribution in [2.75, 3.05) is 37.2 Å². The number of likely N-dealkylation sites (N-methyl/N-ethyl adjacent to an activating group) is 1. The molecule has 0 aliphatic carbocycles. The van der Waals surface area contributed by atoms with Crippen molar-refractivity contribution in [2.45, 2.75) is 13.8 Å². The van der Waals surface area contributed by atoms with Gasteiger partial charge in [-0.1, -0.05) is 13.8 Å². The fourth-order valence-electron chi connectivity index (χ4n) is 1.78. The van der Waals surface area contributed by atoms with Gasteiger partial charge in [0, 0.05) is 24.5 Å². The van der Waals surface area contributed by atoms with Gasteiger partial charge < -0.3 is 21.7 Å². The third-order valence-electron chi connectivity index (χ3n) is 2.97. The summed E-state index contributed by atoms with van der Waals surface area (Å²) >= 11 is 0. The van der Waals surface area contributed by atoms with Crippen LogP contribution in [0.15, 0.2) is 18.2 Å². The van der Waals surface area contributed by atoms with E-state index in [4.69, 9.17) is 11.5 Å². The van der Waals surface area contributed by atoms with Gasteiger partial charge in [0.2, 0.25) is 0 Å². The number of carbonyl (C=O) groups excluding carboxylic acids is 1. The van der Waals surface area contributed by atoms with Crippen molar-refractivity contribution in [3.8, 4) is 0 Å². The molecule has 0 radical (unpaired) electrons. The molecule has 0 heterocycles. The minimum Gasteiger partial charge on any atom is -0.398 e. The maximum atomic E-state index is 11.2. The van der Waals surface area contributed by atoms with Crippen LogP contribution < -0.4 is 16.8 Å². The molecule has 0 aliphatic rings. The van der Waals surface area contributed by atoms with E-state index in [0.717, 1.165) is 31.9 Å². The molecule has 1 amide bonds. The lowest BCUT2D eigenvalue weighted by molar-refractivity contribution is 0.100. The van der Waals surface area contributed by atoms with Crippen molar-refractivity contribution in [2.24, 2.45) is 5.73 Å². The smallest absolute Gasteiger partial charge is 0.250 e. The van der Waals surface area contributed by atoms with Crippen molar-refractivity contribution in [1.29, 1.82) is 0 Å². The Morgan fingerprint density at radius 2 is 2.00 bits per heavy atom. The van der Waals surface area contributed by atoms with Gasteiger partial charge in [-0.15, -0.1) is 0 Å². The Labute approximate surface area is 108 Å². The van der Waals surface area contributed by atoms with E-state index in [1.165, 1.54) is 0 Å². The lowest BCUT2D eigenvalue weighted by atomic mass is 10.1. The van der Waals surface area contributed by atoms with Crippen LogP contribution in [0.3, 0.4) is 0 Å². The molecule has 0 spiro atoms. The maximum Gasteiger partial charge on any atom is 0.250 e. The number of hydrogen-bond donors (Lipinski definition) is 3. The van der Waals surface area contributed by atoms with Gasteiger partial charge in [-0.2, -0.15) is 0 Å². The second-order valence-electron chi connectivity index (χ2n) is 4.12. The lowest BCUT2D eigenvalue weighted by Crippen LogP contribution is -2.28. The van der Waals surface area contributed by atoms with Crippen LogP contribution in [0, 0.1) is 0 Å². The SMILES string of the molecule is CCN(CC)CCNc1ccc(N)c(C(N)=O)c1. The Kier molecular flexibility index (Phi) is 5.45. The molecule has 18 heavy (non-hydrogen) atoms. The first kappa shape index (κ1) is 14.3. The monoisotopic (exact) mass is 250 g/mol. The van der Waals surface area contributed by atoms with Crippen LogP contribution >= 0.6 is 0 Å². The van der Waals surface area contributed by atoms with Crippen LogP contribution in [0.1, 0.15) is 24.2 Å². The number of rotatable bonds is 7. The average Bonchev–Trinajstić information content (AvgIpc) is 2.36. The van der Waals surface area contributed by atoms with Gasteiger partial charge in [-0.25, -0.2) is 0 Å². The highest BCUT2D eigenvalue weighted by molar-refractivity contribution is 5.98. The molecule has 1 aromatic carbocycles. The highest BCUT2D eigenvalue weighted by atomic mass is 16.1. The summed E-state index contributed by atoms with van der Waals surface area (Å²) < 4.78 is 0. The fraction of sp³-hybridized carbons (Fsp3) is 0.462. The van der Waals surface area contributed by atoms with E-state index in [2.05, 4.69) is 24.1 Å². The van der Waals surface area contributed by atoms with E-state index in [9.17, 15) is 4.79 Å². The number of primary amides is 1. The number of nitrogens with two attached hydrogens (primary N) is 2. The van der Waals surface area contributed by atoms with Gasteiger partial charge in [0.1, 0.15) is 0 Å². The lowest BCUT2D eigenvalue weighted by Gasteiger charge is -2.18. The molecule has 0 unspecified atom stereocenters. The Balaban J connectivity index is 2.58. The largest absolute Gasteiger partial charge is 0.398 e. The summed E-state index contributed by atoms with van der Waals surface area (Å²) in [6.45, 7) is 8.13. The molecule has 0 aliphatic heterocycles. The van der Waals surface area contributed by atoms with E-state index in [0.29, 0.717) is 11.3 Å². The van der Waals surface area contributed by atoms with Gasteiger partial charge in [-0.05, 0) is 31.3 Å². The molecule has 0 fully saturated rings. The first-order valence-corrected chi connectivity index (χ1v) is 6.24. The first-order chi connectivity index (χ1) is 8.58. The van der Waals surface area contributed by atoms with E-state index in [1.807, 2.05) is 6.07 Å². The number of carbonyl (C=O) groups is 1. The van der Waals surface area contributed by atoms with Gasteiger partial charge in [0.05, 0.1) is 5.56 Å². The average molecular weight is 250 g/mol. The zero-order valence-electron chi connectivity index (χ0n) is 11.1. The molecule has 5 nitrogen and oxygen atoms in total. The van der Waals surface area contributed by atoms with Crippen molar-refractivity contribution in [3.63, 3.8) is 0 Å². The quantitative estimate of drug-likeness (QED) is 0.633. The Morgan fingerprint density at radius 3 is 2.56 bits per heavy atom. The van der Waals surface area contributed by atoms with Crippen LogP contribution in [0.5, 0.6) is 0 Å². The summed E-state index contributed by atoms with van der Waals surface area (Å²) in [4.78, 5) is 13.5. The Hall–Kier alpha value is -1.75. The van der Waals surface area contributed by atoms with Crippen molar-refractivity contribution in [3.05, 3.63) is 23.8 Å². The predicted molar refractivity (Wildman–Crippen MR) is 75.7 cm³/mol. The normalized spacial score (nSPS) is 10.6. The van der Waals surface area contributed by atoms with Gasteiger partial charge in [0.15, 0.2) is 0 Å². The van der Waals surface area contributed by atoms with E-state index in [1.54, 1.807) is 12.1 Å². The summed E-state index contributed by atoms with van der Waals surface area (Å²) in [7, 11) is 0. The minimum atomic E-state index is -0.500. The van der Waals surface area contributed by atoms with Crippen molar-refractivity contribution >= 4 is 17.3 Å². The molecule has 0 aromatic heterocycles. The van der Waals surface area contributed by atoms with Crippen molar-refractivity contribution < 1.29 is 4.79 Å². The predicted octanol–water partition coefficient (Wildman–Crippen LogP) is 1.12. The summed E-state index contributed by atoms with van der Waals surface area (Å²) in [5.74, 6) is -0.500. The Bertz CT molecular complexity index is 402. The van der Waals surface area contributed by atoms with Crippen LogP contribution in [0.4, 0.5) is 11.4 Å². The van der Waals surface area contributed by atoms with E-state index >= 15 is 0 Å². The highest BCUT2D eigenvalue weighted by Gasteiger charge is 2.06. The Morgan fingerprint density at radius 1 is 1.33 bits per heavy atom. The molecular weight excluding hydrogens is 228 g/mol. The summed E-state index contributed by atoms with van der Waals surface area (Å²) in [5.41, 5.74) is 12.6. The van der Waals surface area contributed by atoms with Crippen LogP contribution in [-0.4, -0.2) is 37.0 Å². The van der Waals surface area contributed by atoms with Crippen molar-refractivity contribution in [1.82, 2.24) is 4.90 Å². The zero-order valence-corrected chi connectivity index (χ0v) is 11.1. The van der Waals surface area contributed by atoms with Crippen LogP contribution in [-0.2, 0) is 0 Å². The number of anilines is 2. The fourth-order valence-corrected chi connectivity index (χ4v) is 1.78. The number of amides is 1. The molecule has 1 aromatic rings. The number of nitrogens with one attached hydrogen (secondary N) is 1. The third-order valence-corrected chi connectivity index (χ3v) is 2.97. The number of hydrogen-bond acceptors (Lipinski definition) is 4. The zero-order chi connectivity index (χ0) is 13.5. The summed E-state index contributed by atoms with van der Waals surface area (Å²) in [6, 6.07) is 5.24. The standard InChI is InChI=1S/C13H22N4O/c1-3-17(4-2)8-7-16-10-5-6-12(14)11(9-10)13(15)18/h5-6,9,16H,3-4,7-8,14H2,1-2H3,(H2,15,18). The highest BCUT2D eigenvalue weighted by Crippen LogP contribution is 2.17. The molecule has 100 valence electrons. The van der Waals surface area contributed by atoms with Crippen LogP contribution in [0.25, 0.3) is 0 Å². The molecule has 0 saturated heterocycles. The molecule has 5 N–H and O–H groups in total. The third kappa shape index (κ3) is 3.92. The molecule has 0 atom stereocenters. The summed E-state index contributed by atoms with van der Waals surface area (Å²) in [5, 5.41) is 3.26. The summed E-state index contributed by atoms with van der Waals surface area (Å²) in [6.07, 6.45) is 0. The molecule has 0 bridgehead atoms. The number of nitrogen functional groups attached to an aromatic ring is 1. The van der Waals surface area contributed by atoms with Gasteiger partial charge >= 0.3 is 0 Å². The van der Waals surface area contributed by atoms with E-state index in [-0.39, 0.29) is 0 Å². The minimum absolute atomic E-state index is 0.364. The maximum absolute atomic E-state index is 11.2. The van der Waals surface area contributed by atoms with Crippen LogP contribution in [0.2, 0.25) is 0 Å². The first-order valence-electron chi connectivity index (χ1n) is 6.24. The van der Waals surface area contributed by atoms with E-state index < -0.39 is 5.91 Å². The second kappa shape index (κ2) is 6.86. The molecule has 1 rings (SSSR count). The second-order valence-corrected chi connectivity index (χ2v) is 4.12. The number of benzene rings is 1. The molecule has 5 heteroatoms. The topological polar surface area (TPSA) is 84.4 Å². The van der Waals surface area contributed by atoms with Gasteiger partial charge in [-0.3, -0.25) is 4.79 Å². The molecule has 0 saturated carbocycles. The van der Waals surface area contributed by atoms with Gasteiger partial charge in [0.25, 0.3) is 5.91 Å².